The van der Waals surface area contributed by atoms with Crippen molar-refractivity contribution in [2.75, 3.05) is 4.90 Å². The monoisotopic (exact) mass is 350 g/mol. The summed E-state index contributed by atoms with van der Waals surface area (Å²) in [6, 6.07) is 9.51. The number of para-hydroxylation sites is 1. The highest BCUT2D eigenvalue weighted by atomic mass is 32.1. The maximum atomic E-state index is 4.67. The molecule has 4 fully saturated rings. The topological polar surface area (TPSA) is 16.1 Å². The molecule has 0 N–H and O–H groups in total. The lowest BCUT2D eigenvalue weighted by atomic mass is 9.48. The Kier molecular flexibility index (Phi) is 2.88. The zero-order valence-electron chi connectivity index (χ0n) is 15.1. The third kappa shape index (κ3) is 1.69. The molecule has 4 saturated carbocycles. The van der Waals surface area contributed by atoms with E-state index in [0.717, 1.165) is 23.7 Å². The molecule has 1 aliphatic heterocycles. The van der Waals surface area contributed by atoms with E-state index in [2.05, 4.69) is 53.6 Å². The highest BCUT2D eigenvalue weighted by Crippen LogP contribution is 2.69. The van der Waals surface area contributed by atoms with Crippen molar-refractivity contribution in [2.24, 2.45) is 23.7 Å². The Balaban J connectivity index is 1.61. The van der Waals surface area contributed by atoms with Crippen molar-refractivity contribution >= 4 is 17.2 Å². The van der Waals surface area contributed by atoms with E-state index >= 15 is 0 Å². The summed E-state index contributed by atoms with van der Waals surface area (Å²) in [6.45, 7) is 4.70. The van der Waals surface area contributed by atoms with Crippen LogP contribution in [0.5, 0.6) is 0 Å². The molecule has 1 atom stereocenters. The second-order valence-corrected chi connectivity index (χ2v) is 9.87. The number of aryl methyl sites for hydroxylation is 1. The van der Waals surface area contributed by atoms with Crippen LogP contribution < -0.4 is 4.90 Å². The summed E-state index contributed by atoms with van der Waals surface area (Å²) < 4.78 is 4.67. The Hall–Kier alpha value is -1.35. The van der Waals surface area contributed by atoms with E-state index in [0.29, 0.717) is 6.04 Å². The van der Waals surface area contributed by atoms with Crippen LogP contribution >= 0.6 is 11.5 Å². The molecule has 2 nitrogen and oxygen atoms in total. The van der Waals surface area contributed by atoms with Crippen LogP contribution in [0.2, 0.25) is 0 Å². The van der Waals surface area contributed by atoms with Gasteiger partial charge in [0, 0.05) is 17.4 Å². The van der Waals surface area contributed by atoms with Crippen LogP contribution in [0.1, 0.15) is 61.1 Å². The molecule has 1 spiro atoms. The quantitative estimate of drug-likeness (QED) is 0.657. The highest BCUT2D eigenvalue weighted by molar-refractivity contribution is 7.06. The molecular formula is C22H26N2S. The summed E-state index contributed by atoms with van der Waals surface area (Å²) in [6.07, 6.45) is 9.46. The molecule has 25 heavy (non-hydrogen) atoms. The second-order valence-electron chi connectivity index (χ2n) is 9.07. The minimum Gasteiger partial charge on any atom is -0.353 e. The van der Waals surface area contributed by atoms with Crippen molar-refractivity contribution in [1.29, 1.82) is 0 Å². The van der Waals surface area contributed by atoms with E-state index in [1.54, 1.807) is 16.4 Å². The first-order chi connectivity index (χ1) is 12.2. The number of nitrogens with zero attached hydrogens (tertiary/aromatic N) is 2. The maximum absolute atomic E-state index is 4.67. The zero-order chi connectivity index (χ0) is 16.8. The standard InChI is InChI=1S/C22H26N2S/c1-13-5-3-4-6-20(13)24-14(2)19-12-23-25-21(19)22(24)17-8-15-7-16(10-17)11-18(22)9-15/h3-6,12,14-18H,7-11H2,1-2H3. The summed E-state index contributed by atoms with van der Waals surface area (Å²) in [5, 5.41) is 0. The van der Waals surface area contributed by atoms with Crippen molar-refractivity contribution in [2.45, 2.75) is 57.5 Å². The van der Waals surface area contributed by atoms with E-state index in [4.69, 9.17) is 0 Å². The lowest BCUT2D eigenvalue weighted by molar-refractivity contribution is -0.0588. The van der Waals surface area contributed by atoms with Crippen LogP contribution in [0.4, 0.5) is 5.69 Å². The van der Waals surface area contributed by atoms with Gasteiger partial charge in [-0.15, -0.1) is 0 Å². The molecule has 130 valence electrons. The number of hydrogen-bond donors (Lipinski definition) is 0. The third-order valence-electron chi connectivity index (χ3n) is 7.96. The Morgan fingerprint density at radius 2 is 1.72 bits per heavy atom. The number of benzene rings is 1. The van der Waals surface area contributed by atoms with Gasteiger partial charge < -0.3 is 4.90 Å². The molecule has 1 aromatic carbocycles. The van der Waals surface area contributed by atoms with Crippen LogP contribution in [0.3, 0.4) is 0 Å². The molecule has 4 aliphatic carbocycles. The lowest BCUT2D eigenvalue weighted by Gasteiger charge is -2.63. The molecular weight excluding hydrogens is 324 g/mol. The molecule has 7 rings (SSSR count). The average Bonchev–Trinajstić information content (AvgIpc) is 3.15. The lowest BCUT2D eigenvalue weighted by Crippen LogP contribution is -2.62. The second kappa shape index (κ2) is 4.88. The van der Waals surface area contributed by atoms with Gasteiger partial charge in [0.2, 0.25) is 0 Å². The smallest absolute Gasteiger partial charge is 0.0828 e. The van der Waals surface area contributed by atoms with Crippen molar-refractivity contribution < 1.29 is 0 Å². The molecule has 4 bridgehead atoms. The Morgan fingerprint density at radius 1 is 1.04 bits per heavy atom. The summed E-state index contributed by atoms with van der Waals surface area (Å²) in [5.74, 6) is 3.65. The fourth-order valence-electron chi connectivity index (χ4n) is 7.33. The first-order valence-electron chi connectivity index (χ1n) is 9.99. The van der Waals surface area contributed by atoms with Gasteiger partial charge in [-0.3, -0.25) is 0 Å². The van der Waals surface area contributed by atoms with Crippen LogP contribution in [0.15, 0.2) is 30.5 Å². The summed E-state index contributed by atoms with van der Waals surface area (Å²) in [4.78, 5) is 4.48. The normalized spacial score (nSPS) is 40.9. The van der Waals surface area contributed by atoms with Crippen molar-refractivity contribution in [3.8, 4) is 0 Å². The predicted octanol–water partition coefficient (Wildman–Crippen LogP) is 5.68. The van der Waals surface area contributed by atoms with Crippen LogP contribution in [0, 0.1) is 30.6 Å². The van der Waals surface area contributed by atoms with E-state index in [9.17, 15) is 0 Å². The number of anilines is 1. The van der Waals surface area contributed by atoms with Crippen LogP contribution in [0.25, 0.3) is 0 Å². The van der Waals surface area contributed by atoms with Gasteiger partial charge in [-0.05, 0) is 92.8 Å². The number of aromatic nitrogens is 1. The number of rotatable bonds is 1. The van der Waals surface area contributed by atoms with E-state index < -0.39 is 0 Å². The molecule has 0 radical (unpaired) electrons. The fraction of sp³-hybridized carbons (Fsp3) is 0.591. The predicted molar refractivity (Wildman–Crippen MR) is 103 cm³/mol. The van der Waals surface area contributed by atoms with Crippen molar-refractivity contribution in [3.63, 3.8) is 0 Å². The van der Waals surface area contributed by atoms with Crippen molar-refractivity contribution in [3.05, 3.63) is 46.5 Å². The van der Waals surface area contributed by atoms with Crippen molar-refractivity contribution in [1.82, 2.24) is 4.37 Å². The third-order valence-corrected chi connectivity index (χ3v) is 8.91. The number of hydrogen-bond acceptors (Lipinski definition) is 3. The average molecular weight is 351 g/mol. The fourth-order valence-corrected chi connectivity index (χ4v) is 8.50. The van der Waals surface area contributed by atoms with Gasteiger partial charge in [0.15, 0.2) is 0 Å². The Labute approximate surface area is 154 Å². The Bertz CT molecular complexity index is 810. The molecule has 1 aromatic heterocycles. The minimum absolute atomic E-state index is 0.232. The Morgan fingerprint density at radius 3 is 2.40 bits per heavy atom. The molecule has 5 aliphatic rings. The molecule has 1 unspecified atom stereocenters. The van der Waals surface area contributed by atoms with E-state index in [1.165, 1.54) is 48.9 Å². The van der Waals surface area contributed by atoms with Gasteiger partial charge in [0.1, 0.15) is 0 Å². The molecule has 2 aromatic rings. The summed E-state index contributed by atoms with van der Waals surface area (Å²) in [5.41, 5.74) is 4.63. The number of fused-ring (bicyclic) bond motifs is 1. The van der Waals surface area contributed by atoms with Gasteiger partial charge in [-0.2, -0.15) is 0 Å². The molecule has 0 saturated heterocycles. The van der Waals surface area contributed by atoms with E-state index in [1.807, 2.05) is 0 Å². The largest absolute Gasteiger partial charge is 0.353 e. The minimum atomic E-state index is 0.232. The first kappa shape index (κ1) is 14.8. The van der Waals surface area contributed by atoms with Crippen LogP contribution in [-0.4, -0.2) is 4.37 Å². The summed E-state index contributed by atoms with van der Waals surface area (Å²) >= 11 is 1.81. The van der Waals surface area contributed by atoms with Gasteiger partial charge >= 0.3 is 0 Å². The zero-order valence-corrected chi connectivity index (χ0v) is 15.9. The van der Waals surface area contributed by atoms with Gasteiger partial charge in [0.25, 0.3) is 0 Å². The first-order valence-corrected chi connectivity index (χ1v) is 10.8. The van der Waals surface area contributed by atoms with Gasteiger partial charge in [-0.25, -0.2) is 4.37 Å². The van der Waals surface area contributed by atoms with E-state index in [-0.39, 0.29) is 5.54 Å². The molecule has 0 amide bonds. The SMILES string of the molecule is Cc1ccccc1N1C(C)c2cnsc2C12C1CC3CC(C1)CC2C3. The van der Waals surface area contributed by atoms with Gasteiger partial charge in [-0.1, -0.05) is 18.2 Å². The van der Waals surface area contributed by atoms with Gasteiger partial charge in [0.05, 0.1) is 16.5 Å². The molecule has 2 heterocycles. The molecule has 3 heteroatoms. The maximum Gasteiger partial charge on any atom is 0.0828 e. The summed E-state index contributed by atoms with van der Waals surface area (Å²) in [7, 11) is 0. The van der Waals surface area contributed by atoms with Crippen LogP contribution in [-0.2, 0) is 5.54 Å². The highest BCUT2D eigenvalue weighted by Gasteiger charge is 2.65.